The second-order valence-electron chi connectivity index (χ2n) is 2.42. The third-order valence-electron chi connectivity index (χ3n) is 1.59. The molecular weight excluding hydrogens is 218 g/mol. The van der Waals surface area contributed by atoms with Crippen LogP contribution in [-0.2, 0) is 0 Å². The lowest BCUT2D eigenvalue weighted by Crippen LogP contribution is -2.11. The van der Waals surface area contributed by atoms with Gasteiger partial charge in [0.2, 0.25) is 0 Å². The molecule has 7 heteroatoms. The van der Waals surface area contributed by atoms with Gasteiger partial charge in [0.05, 0.1) is 0 Å². The second-order valence-corrected chi connectivity index (χ2v) is 2.42. The molecule has 1 N–H and O–H groups in total. The zero-order chi connectivity index (χ0) is 11.7. The first-order valence-corrected chi connectivity index (χ1v) is 3.41. The molecule has 0 bridgehead atoms. The van der Waals surface area contributed by atoms with E-state index in [-0.39, 0.29) is 0 Å². The summed E-state index contributed by atoms with van der Waals surface area (Å²) < 4.78 is 51.2. The summed E-state index contributed by atoms with van der Waals surface area (Å²) in [7, 11) is 0. The number of halogens is 4. The molecular formula is C8HF4NO2. The van der Waals surface area contributed by atoms with Crippen molar-refractivity contribution in [3.05, 3.63) is 34.4 Å². The van der Waals surface area contributed by atoms with Crippen molar-refractivity contribution < 1.29 is 27.5 Å². The predicted molar refractivity (Wildman–Crippen MR) is 37.9 cm³/mol. The number of hydrogen-bond acceptors (Lipinski definition) is 2. The fraction of sp³-hybridized carbons (Fsp3) is 0. The van der Waals surface area contributed by atoms with Gasteiger partial charge in [-0.05, 0) is 0 Å². The van der Waals surface area contributed by atoms with Crippen LogP contribution >= 0.6 is 0 Å². The quantitative estimate of drug-likeness (QED) is 0.578. The van der Waals surface area contributed by atoms with Gasteiger partial charge in [-0.2, -0.15) is 5.26 Å². The number of carboxylic acid groups (broad SMARTS) is 1. The van der Waals surface area contributed by atoms with Crippen molar-refractivity contribution in [2.24, 2.45) is 0 Å². The van der Waals surface area contributed by atoms with E-state index in [0.29, 0.717) is 0 Å². The zero-order valence-corrected chi connectivity index (χ0v) is 6.81. The minimum atomic E-state index is -2.16. The minimum absolute atomic E-state index is 0.888. The van der Waals surface area contributed by atoms with E-state index in [1.807, 2.05) is 0 Å². The Hall–Kier alpha value is -2.10. The highest BCUT2D eigenvalue weighted by Crippen LogP contribution is 2.23. The molecule has 0 atom stereocenters. The van der Waals surface area contributed by atoms with E-state index in [9.17, 15) is 22.4 Å². The van der Waals surface area contributed by atoms with Gasteiger partial charge >= 0.3 is 5.97 Å². The Balaban J connectivity index is 3.76. The zero-order valence-electron chi connectivity index (χ0n) is 6.81. The number of nitriles is 1. The SMILES string of the molecule is N#Cc1c(F)c(F)c(C(=O)O)c(F)c1F. The highest BCUT2D eigenvalue weighted by atomic mass is 19.2. The minimum Gasteiger partial charge on any atom is -0.477 e. The van der Waals surface area contributed by atoms with Crippen LogP contribution in [0.4, 0.5) is 17.6 Å². The Morgan fingerprint density at radius 1 is 1.07 bits per heavy atom. The van der Waals surface area contributed by atoms with Gasteiger partial charge in [0.1, 0.15) is 17.2 Å². The number of rotatable bonds is 1. The first kappa shape index (κ1) is 11.0. The Bertz CT molecular complexity index is 463. The highest BCUT2D eigenvalue weighted by Gasteiger charge is 2.28. The van der Waals surface area contributed by atoms with Crippen molar-refractivity contribution in [3.8, 4) is 6.07 Å². The fourth-order valence-electron chi connectivity index (χ4n) is 0.918. The first-order chi connectivity index (χ1) is 6.91. The molecule has 0 spiro atoms. The lowest BCUT2D eigenvalue weighted by molar-refractivity contribution is 0.0683. The normalized spacial score (nSPS) is 9.80. The predicted octanol–water partition coefficient (Wildman–Crippen LogP) is 1.81. The van der Waals surface area contributed by atoms with Crippen molar-refractivity contribution in [3.63, 3.8) is 0 Å². The molecule has 0 saturated carbocycles. The molecule has 3 nitrogen and oxygen atoms in total. The number of hydrogen-bond donors (Lipinski definition) is 1. The van der Waals surface area contributed by atoms with Gasteiger partial charge in [0.25, 0.3) is 0 Å². The molecule has 0 fully saturated rings. The largest absolute Gasteiger partial charge is 0.477 e. The van der Waals surface area contributed by atoms with Crippen molar-refractivity contribution in [1.29, 1.82) is 5.26 Å². The molecule has 1 rings (SSSR count). The molecule has 0 unspecified atom stereocenters. The molecule has 1 aromatic carbocycles. The first-order valence-electron chi connectivity index (χ1n) is 3.41. The van der Waals surface area contributed by atoms with Gasteiger partial charge in [-0.3, -0.25) is 0 Å². The molecule has 0 radical (unpaired) electrons. The molecule has 0 heterocycles. The van der Waals surface area contributed by atoms with Crippen LogP contribution in [0.5, 0.6) is 0 Å². The van der Waals surface area contributed by atoms with E-state index >= 15 is 0 Å². The maximum atomic E-state index is 12.8. The average Bonchev–Trinajstić information content (AvgIpc) is 2.16. The third kappa shape index (κ3) is 1.50. The van der Waals surface area contributed by atoms with Crippen molar-refractivity contribution in [1.82, 2.24) is 0 Å². The van der Waals surface area contributed by atoms with Gasteiger partial charge in [-0.1, -0.05) is 0 Å². The summed E-state index contributed by atoms with van der Waals surface area (Å²) >= 11 is 0. The van der Waals surface area contributed by atoms with Crippen LogP contribution in [0.25, 0.3) is 0 Å². The molecule has 0 aliphatic rings. The smallest absolute Gasteiger partial charge is 0.341 e. The van der Waals surface area contributed by atoms with Gasteiger partial charge in [-0.25, -0.2) is 22.4 Å². The summed E-state index contributed by atoms with van der Waals surface area (Å²) in [6.07, 6.45) is 0. The van der Waals surface area contributed by atoms with Crippen molar-refractivity contribution in [2.45, 2.75) is 0 Å². The number of nitrogens with zero attached hydrogens (tertiary/aromatic N) is 1. The summed E-state index contributed by atoms with van der Waals surface area (Å²) in [6, 6.07) is 0.888. The van der Waals surface area contributed by atoms with Crippen LogP contribution in [0.2, 0.25) is 0 Å². The molecule has 1 aromatic rings. The monoisotopic (exact) mass is 219 g/mol. The average molecular weight is 219 g/mol. The summed E-state index contributed by atoms with van der Waals surface area (Å²) in [5, 5.41) is 16.4. The summed E-state index contributed by atoms with van der Waals surface area (Å²) in [5.74, 6) is -10.4. The van der Waals surface area contributed by atoms with E-state index in [2.05, 4.69) is 0 Å². The lowest BCUT2D eigenvalue weighted by atomic mass is 10.1. The van der Waals surface area contributed by atoms with Crippen LogP contribution in [-0.4, -0.2) is 11.1 Å². The molecule has 0 aliphatic heterocycles. The van der Waals surface area contributed by atoms with Gasteiger partial charge in [-0.15, -0.1) is 0 Å². The summed E-state index contributed by atoms with van der Waals surface area (Å²) in [4.78, 5) is 10.3. The number of carbonyl (C=O) groups is 1. The molecule has 0 saturated heterocycles. The molecule has 78 valence electrons. The molecule has 0 aliphatic carbocycles. The maximum absolute atomic E-state index is 12.8. The van der Waals surface area contributed by atoms with E-state index in [1.54, 1.807) is 0 Å². The van der Waals surface area contributed by atoms with Crippen LogP contribution in [0.1, 0.15) is 15.9 Å². The topological polar surface area (TPSA) is 61.1 Å². The Kier molecular flexibility index (Phi) is 2.61. The highest BCUT2D eigenvalue weighted by molar-refractivity contribution is 5.88. The summed E-state index contributed by atoms with van der Waals surface area (Å²) in [6.45, 7) is 0. The van der Waals surface area contributed by atoms with E-state index in [1.165, 1.54) is 0 Å². The van der Waals surface area contributed by atoms with Gasteiger partial charge in [0, 0.05) is 0 Å². The number of carboxylic acids is 1. The van der Waals surface area contributed by atoms with Crippen molar-refractivity contribution >= 4 is 5.97 Å². The van der Waals surface area contributed by atoms with Crippen LogP contribution in [0.3, 0.4) is 0 Å². The number of benzene rings is 1. The number of aromatic carboxylic acids is 1. The van der Waals surface area contributed by atoms with Gasteiger partial charge in [0.15, 0.2) is 23.3 Å². The molecule has 0 amide bonds. The van der Waals surface area contributed by atoms with Crippen molar-refractivity contribution in [2.75, 3.05) is 0 Å². The Morgan fingerprint density at radius 3 is 1.73 bits per heavy atom. The Morgan fingerprint density at radius 2 is 1.47 bits per heavy atom. The maximum Gasteiger partial charge on any atom is 0.341 e. The Labute approximate surface area is 80.2 Å². The van der Waals surface area contributed by atoms with E-state index in [0.717, 1.165) is 6.07 Å². The van der Waals surface area contributed by atoms with E-state index in [4.69, 9.17) is 10.4 Å². The molecule has 0 aromatic heterocycles. The van der Waals surface area contributed by atoms with E-state index < -0.39 is 40.4 Å². The van der Waals surface area contributed by atoms with Crippen LogP contribution < -0.4 is 0 Å². The molecule has 15 heavy (non-hydrogen) atoms. The van der Waals surface area contributed by atoms with Crippen LogP contribution in [0, 0.1) is 34.6 Å². The fourth-order valence-corrected chi connectivity index (χ4v) is 0.918. The second kappa shape index (κ2) is 3.57. The lowest BCUT2D eigenvalue weighted by Gasteiger charge is -2.03. The third-order valence-corrected chi connectivity index (χ3v) is 1.59. The van der Waals surface area contributed by atoms with Gasteiger partial charge < -0.3 is 5.11 Å². The van der Waals surface area contributed by atoms with Crippen LogP contribution in [0.15, 0.2) is 0 Å². The standard InChI is InChI=1S/C8HF4NO2/c9-4-2(1-13)5(10)7(12)3(6(4)11)8(14)15/h(H,14,15). The summed E-state index contributed by atoms with van der Waals surface area (Å²) in [5.41, 5.74) is -3.25.